The summed E-state index contributed by atoms with van der Waals surface area (Å²) in [5, 5.41) is 14.9. The third kappa shape index (κ3) is 4.19. The fraction of sp³-hybridized carbons (Fsp3) is 0.650. The van der Waals surface area contributed by atoms with Crippen LogP contribution in [0.25, 0.3) is 11.0 Å². The molecule has 4 rings (SSSR count). The third-order valence-electron chi connectivity index (χ3n) is 6.53. The first-order valence-electron chi connectivity index (χ1n) is 10.7. The van der Waals surface area contributed by atoms with Crippen molar-refractivity contribution in [3.63, 3.8) is 0 Å². The molecule has 1 saturated carbocycles. The van der Waals surface area contributed by atoms with Gasteiger partial charge in [-0.3, -0.25) is 9.36 Å². The second kappa shape index (κ2) is 8.12. The Bertz CT molecular complexity index is 1140. The number of nitrogens with zero attached hydrogens (tertiary/aromatic N) is 4. The lowest BCUT2D eigenvalue weighted by molar-refractivity contribution is 0.0266. The van der Waals surface area contributed by atoms with Gasteiger partial charge >= 0.3 is 0 Å². The fourth-order valence-electron chi connectivity index (χ4n) is 4.71. The molecule has 1 aliphatic carbocycles. The van der Waals surface area contributed by atoms with Crippen LogP contribution in [-0.4, -0.2) is 64.1 Å². The number of aryl methyl sites for hydroxylation is 1. The zero-order valence-corrected chi connectivity index (χ0v) is 18.9. The highest BCUT2D eigenvalue weighted by atomic mass is 32.2. The van der Waals surface area contributed by atoms with Gasteiger partial charge in [0.15, 0.2) is 0 Å². The van der Waals surface area contributed by atoms with E-state index in [1.807, 2.05) is 0 Å². The SMILES string of the molecule is CNS(=O)(=O)N1CCC(Nc2ncc3cc(C)c(=O)n([C@H]4CCC[C@]4(C)O)c3n2)CC1. The van der Waals surface area contributed by atoms with Gasteiger partial charge in [-0.05, 0) is 52.0 Å². The lowest BCUT2D eigenvalue weighted by atomic mass is 9.99. The normalized spacial score (nSPS) is 25.9. The Balaban J connectivity index is 1.62. The van der Waals surface area contributed by atoms with Gasteiger partial charge in [-0.1, -0.05) is 0 Å². The highest BCUT2D eigenvalue weighted by Gasteiger charge is 2.39. The van der Waals surface area contributed by atoms with Gasteiger partial charge in [-0.2, -0.15) is 17.7 Å². The Morgan fingerprint density at radius 2 is 1.97 bits per heavy atom. The molecule has 0 amide bonds. The van der Waals surface area contributed by atoms with E-state index in [0.717, 1.165) is 18.2 Å². The maximum Gasteiger partial charge on any atom is 0.279 e. The second-order valence-corrected chi connectivity index (χ2v) is 10.6. The van der Waals surface area contributed by atoms with Gasteiger partial charge in [0.2, 0.25) is 5.95 Å². The molecule has 31 heavy (non-hydrogen) atoms. The number of rotatable bonds is 5. The van der Waals surface area contributed by atoms with Crippen molar-refractivity contribution in [2.75, 3.05) is 25.5 Å². The smallest absolute Gasteiger partial charge is 0.279 e. The predicted octanol–water partition coefficient (Wildman–Crippen LogP) is 0.916. The fourth-order valence-corrected chi connectivity index (χ4v) is 5.66. The molecule has 0 aromatic carbocycles. The Morgan fingerprint density at radius 1 is 1.26 bits per heavy atom. The Labute approximate surface area is 181 Å². The van der Waals surface area contributed by atoms with Gasteiger partial charge < -0.3 is 10.4 Å². The Morgan fingerprint density at radius 3 is 2.58 bits per heavy atom. The molecule has 2 fully saturated rings. The van der Waals surface area contributed by atoms with Crippen LogP contribution in [0.3, 0.4) is 0 Å². The third-order valence-corrected chi connectivity index (χ3v) is 8.09. The number of pyridine rings is 1. The van der Waals surface area contributed by atoms with E-state index in [9.17, 15) is 18.3 Å². The molecule has 1 aliphatic heterocycles. The minimum absolute atomic E-state index is 0.0287. The number of anilines is 1. The van der Waals surface area contributed by atoms with Crippen molar-refractivity contribution >= 4 is 27.2 Å². The van der Waals surface area contributed by atoms with Crippen LogP contribution < -0.4 is 15.6 Å². The summed E-state index contributed by atoms with van der Waals surface area (Å²) in [6.07, 6.45) is 5.16. The van der Waals surface area contributed by atoms with E-state index in [1.165, 1.54) is 11.4 Å². The zero-order valence-electron chi connectivity index (χ0n) is 18.1. The summed E-state index contributed by atoms with van der Waals surface area (Å²) in [6, 6.07) is 1.48. The van der Waals surface area contributed by atoms with Crippen molar-refractivity contribution in [2.45, 2.75) is 63.6 Å². The summed E-state index contributed by atoms with van der Waals surface area (Å²) in [5.41, 5.74) is -0.00245. The first-order chi connectivity index (χ1) is 14.6. The quantitative estimate of drug-likeness (QED) is 0.617. The summed E-state index contributed by atoms with van der Waals surface area (Å²) < 4.78 is 29.3. The highest BCUT2D eigenvalue weighted by molar-refractivity contribution is 7.87. The molecule has 0 bridgehead atoms. The number of hydrogen-bond acceptors (Lipinski definition) is 7. The monoisotopic (exact) mass is 450 g/mol. The van der Waals surface area contributed by atoms with Crippen LogP contribution in [0.15, 0.2) is 17.1 Å². The molecule has 0 unspecified atom stereocenters. The second-order valence-electron chi connectivity index (χ2n) is 8.77. The minimum atomic E-state index is -3.42. The van der Waals surface area contributed by atoms with Gasteiger partial charge in [-0.25, -0.2) is 9.71 Å². The summed E-state index contributed by atoms with van der Waals surface area (Å²) in [4.78, 5) is 22.1. The standard InChI is InChI=1S/C20H30N6O4S/c1-13-11-14-12-22-19(23-15-6-9-25(10-7-15)31(29,30)21-3)24-17(14)26(18(13)27)16-5-4-8-20(16,2)28/h11-12,15-16,21,28H,4-10H2,1-3H3,(H,22,23,24)/t16-,20-/m0/s1. The van der Waals surface area contributed by atoms with Crippen molar-refractivity contribution in [2.24, 2.45) is 0 Å². The minimum Gasteiger partial charge on any atom is -0.388 e. The number of nitrogens with one attached hydrogen (secondary N) is 2. The average Bonchev–Trinajstić information content (AvgIpc) is 3.08. The van der Waals surface area contributed by atoms with Gasteiger partial charge in [0.25, 0.3) is 15.8 Å². The van der Waals surface area contributed by atoms with Gasteiger partial charge in [0.1, 0.15) is 5.65 Å². The van der Waals surface area contributed by atoms with Gasteiger partial charge in [0.05, 0.1) is 11.6 Å². The molecular formula is C20H30N6O4S. The molecule has 0 radical (unpaired) electrons. The van der Waals surface area contributed by atoms with E-state index in [0.29, 0.717) is 49.5 Å². The molecule has 0 spiro atoms. The van der Waals surface area contributed by atoms with Crippen molar-refractivity contribution in [1.29, 1.82) is 0 Å². The van der Waals surface area contributed by atoms with E-state index in [1.54, 1.807) is 30.7 Å². The summed E-state index contributed by atoms with van der Waals surface area (Å²) in [7, 11) is -2.01. The van der Waals surface area contributed by atoms with Crippen LogP contribution in [0.1, 0.15) is 50.6 Å². The first kappa shape index (κ1) is 22.1. The van der Waals surface area contributed by atoms with E-state index in [-0.39, 0.29) is 17.6 Å². The first-order valence-corrected chi connectivity index (χ1v) is 12.1. The largest absolute Gasteiger partial charge is 0.388 e. The van der Waals surface area contributed by atoms with Crippen LogP contribution in [0.4, 0.5) is 5.95 Å². The van der Waals surface area contributed by atoms with Crippen LogP contribution in [0.2, 0.25) is 0 Å². The summed E-state index contributed by atoms with van der Waals surface area (Å²) >= 11 is 0. The molecule has 2 aliphatic rings. The molecule has 3 heterocycles. The number of piperidine rings is 1. The average molecular weight is 451 g/mol. The molecular weight excluding hydrogens is 420 g/mol. The molecule has 11 heteroatoms. The van der Waals surface area contributed by atoms with E-state index >= 15 is 0 Å². The van der Waals surface area contributed by atoms with E-state index in [2.05, 4.69) is 20.0 Å². The molecule has 1 saturated heterocycles. The number of aliphatic hydroxyl groups is 1. The molecule has 170 valence electrons. The maximum atomic E-state index is 13.0. The topological polar surface area (TPSA) is 129 Å². The van der Waals surface area contributed by atoms with Crippen LogP contribution in [-0.2, 0) is 10.2 Å². The molecule has 10 nitrogen and oxygen atoms in total. The number of fused-ring (bicyclic) bond motifs is 1. The molecule has 2 atom stereocenters. The van der Waals surface area contributed by atoms with Crippen LogP contribution in [0, 0.1) is 6.92 Å². The molecule has 3 N–H and O–H groups in total. The van der Waals surface area contributed by atoms with Crippen molar-refractivity contribution < 1.29 is 13.5 Å². The molecule has 2 aromatic rings. The van der Waals surface area contributed by atoms with Crippen molar-refractivity contribution in [3.05, 3.63) is 28.2 Å². The maximum absolute atomic E-state index is 13.0. The van der Waals surface area contributed by atoms with Crippen molar-refractivity contribution in [1.82, 2.24) is 23.6 Å². The van der Waals surface area contributed by atoms with E-state index in [4.69, 9.17) is 0 Å². The number of aromatic nitrogens is 3. The molecule has 2 aromatic heterocycles. The van der Waals surface area contributed by atoms with Crippen molar-refractivity contribution in [3.8, 4) is 0 Å². The van der Waals surface area contributed by atoms with E-state index < -0.39 is 15.8 Å². The van der Waals surface area contributed by atoms with Crippen LogP contribution >= 0.6 is 0 Å². The van der Waals surface area contributed by atoms with Gasteiger partial charge in [-0.15, -0.1) is 0 Å². The Hall–Kier alpha value is -2.08. The van der Waals surface area contributed by atoms with Gasteiger partial charge in [0, 0.05) is 43.3 Å². The highest BCUT2D eigenvalue weighted by Crippen LogP contribution is 2.39. The zero-order chi connectivity index (χ0) is 22.4. The summed E-state index contributed by atoms with van der Waals surface area (Å²) in [5.74, 6) is 0.400. The van der Waals surface area contributed by atoms with Crippen LogP contribution in [0.5, 0.6) is 0 Å². The lowest BCUT2D eigenvalue weighted by Gasteiger charge is -2.31. The Kier molecular flexibility index (Phi) is 5.80. The number of hydrogen-bond donors (Lipinski definition) is 3. The predicted molar refractivity (Wildman–Crippen MR) is 118 cm³/mol. The summed E-state index contributed by atoms with van der Waals surface area (Å²) in [6.45, 7) is 4.35. The lowest BCUT2D eigenvalue weighted by Crippen LogP contribution is -2.46.